The molecular formula is C9H11NO. The molecular weight excluding hydrogens is 138 g/mol. The van der Waals surface area contributed by atoms with Crippen LogP contribution in [-0.4, -0.2) is 18.4 Å². The van der Waals surface area contributed by atoms with Crippen LogP contribution >= 0.6 is 0 Å². The third-order valence-electron chi connectivity index (χ3n) is 1.56. The highest BCUT2D eigenvalue weighted by Crippen LogP contribution is 2.17. The van der Waals surface area contributed by atoms with Crippen LogP contribution in [-0.2, 0) is 0 Å². The van der Waals surface area contributed by atoms with E-state index in [1.54, 1.807) is 19.3 Å². The molecule has 0 bridgehead atoms. The van der Waals surface area contributed by atoms with Crippen LogP contribution in [0.15, 0.2) is 23.2 Å². The van der Waals surface area contributed by atoms with Crippen molar-refractivity contribution < 1.29 is 5.11 Å². The molecule has 0 aromatic heterocycles. The van der Waals surface area contributed by atoms with Crippen LogP contribution in [0, 0.1) is 6.92 Å². The van der Waals surface area contributed by atoms with Gasteiger partial charge in [-0.3, -0.25) is 4.99 Å². The van der Waals surface area contributed by atoms with Crippen LogP contribution in [0.3, 0.4) is 0 Å². The molecule has 2 heteroatoms. The standard InChI is InChI=1S/C9H11NO/c1-7-4-3-5-9(11)8(7)6-10-2/h3-6,11H,1-2H3/b10-6-. The maximum absolute atomic E-state index is 9.33. The Bertz CT molecular complexity index is 259. The molecule has 0 saturated carbocycles. The molecule has 0 amide bonds. The summed E-state index contributed by atoms with van der Waals surface area (Å²) >= 11 is 0. The van der Waals surface area contributed by atoms with E-state index in [2.05, 4.69) is 4.99 Å². The highest BCUT2D eigenvalue weighted by atomic mass is 16.3. The van der Waals surface area contributed by atoms with Gasteiger partial charge in [-0.25, -0.2) is 0 Å². The van der Waals surface area contributed by atoms with E-state index in [4.69, 9.17) is 0 Å². The third kappa shape index (κ3) is 1.58. The summed E-state index contributed by atoms with van der Waals surface area (Å²) in [7, 11) is 1.69. The van der Waals surface area contributed by atoms with Gasteiger partial charge in [0.1, 0.15) is 5.75 Å². The molecule has 0 aliphatic rings. The van der Waals surface area contributed by atoms with Crippen LogP contribution in [0.1, 0.15) is 11.1 Å². The molecule has 0 unspecified atom stereocenters. The Morgan fingerprint density at radius 3 is 2.73 bits per heavy atom. The molecule has 0 spiro atoms. The molecule has 0 fully saturated rings. The average Bonchev–Trinajstić information content (AvgIpc) is 1.97. The van der Waals surface area contributed by atoms with Gasteiger partial charge in [-0.05, 0) is 18.6 Å². The Morgan fingerprint density at radius 2 is 2.18 bits per heavy atom. The lowest BCUT2D eigenvalue weighted by Crippen LogP contribution is -1.86. The SMILES string of the molecule is C/N=C\c1c(C)cccc1O. The first kappa shape index (κ1) is 7.79. The molecule has 0 aliphatic heterocycles. The average molecular weight is 149 g/mol. The summed E-state index contributed by atoms with van der Waals surface area (Å²) in [5.41, 5.74) is 1.84. The maximum Gasteiger partial charge on any atom is 0.124 e. The summed E-state index contributed by atoms with van der Waals surface area (Å²) in [6, 6.07) is 5.42. The normalized spacial score (nSPS) is 10.7. The Kier molecular flexibility index (Phi) is 2.26. The summed E-state index contributed by atoms with van der Waals surface area (Å²) < 4.78 is 0. The minimum absolute atomic E-state index is 0.288. The fourth-order valence-corrected chi connectivity index (χ4v) is 0.962. The van der Waals surface area contributed by atoms with Crippen LogP contribution < -0.4 is 0 Å². The van der Waals surface area contributed by atoms with Crippen molar-refractivity contribution in [3.63, 3.8) is 0 Å². The number of nitrogens with zero attached hydrogens (tertiary/aromatic N) is 1. The Hall–Kier alpha value is -1.31. The predicted octanol–water partition coefficient (Wildman–Crippen LogP) is 1.75. The van der Waals surface area contributed by atoms with Gasteiger partial charge < -0.3 is 5.11 Å². The number of hydrogen-bond acceptors (Lipinski definition) is 2. The van der Waals surface area contributed by atoms with Crippen LogP contribution in [0.4, 0.5) is 0 Å². The molecule has 58 valence electrons. The molecule has 11 heavy (non-hydrogen) atoms. The molecule has 0 aliphatic carbocycles. The summed E-state index contributed by atoms with van der Waals surface area (Å²) in [4.78, 5) is 3.84. The van der Waals surface area contributed by atoms with E-state index in [9.17, 15) is 5.11 Å². The van der Waals surface area contributed by atoms with Crippen molar-refractivity contribution in [2.75, 3.05) is 7.05 Å². The number of aryl methyl sites for hydroxylation is 1. The molecule has 2 nitrogen and oxygen atoms in total. The van der Waals surface area contributed by atoms with E-state index < -0.39 is 0 Å². The molecule has 1 aromatic carbocycles. The van der Waals surface area contributed by atoms with Crippen LogP contribution in [0.5, 0.6) is 5.75 Å². The van der Waals surface area contributed by atoms with Crippen LogP contribution in [0.25, 0.3) is 0 Å². The van der Waals surface area contributed by atoms with E-state index in [0.29, 0.717) is 0 Å². The second-order valence-electron chi connectivity index (χ2n) is 2.40. The van der Waals surface area contributed by atoms with E-state index in [0.717, 1.165) is 11.1 Å². The topological polar surface area (TPSA) is 32.6 Å². The number of rotatable bonds is 1. The van der Waals surface area contributed by atoms with Gasteiger partial charge in [0.05, 0.1) is 0 Å². The molecule has 1 aromatic rings. The van der Waals surface area contributed by atoms with Crippen molar-refractivity contribution >= 4 is 6.21 Å². The highest BCUT2D eigenvalue weighted by molar-refractivity contribution is 5.85. The molecule has 1 rings (SSSR count). The number of aromatic hydroxyl groups is 1. The fourth-order valence-electron chi connectivity index (χ4n) is 0.962. The summed E-state index contributed by atoms with van der Waals surface area (Å²) in [6.07, 6.45) is 1.66. The lowest BCUT2D eigenvalue weighted by Gasteiger charge is -2.00. The Morgan fingerprint density at radius 1 is 1.45 bits per heavy atom. The second kappa shape index (κ2) is 3.19. The van der Waals surface area contributed by atoms with Gasteiger partial charge in [0.2, 0.25) is 0 Å². The van der Waals surface area contributed by atoms with Gasteiger partial charge in [-0.1, -0.05) is 12.1 Å². The Balaban J connectivity index is 3.20. The lowest BCUT2D eigenvalue weighted by atomic mass is 10.1. The quantitative estimate of drug-likeness (QED) is 0.606. The second-order valence-corrected chi connectivity index (χ2v) is 2.40. The number of phenols is 1. The van der Waals surface area contributed by atoms with E-state index in [1.807, 2.05) is 19.1 Å². The fraction of sp³-hybridized carbons (Fsp3) is 0.222. The molecule has 0 radical (unpaired) electrons. The summed E-state index contributed by atoms with van der Waals surface area (Å²) in [5.74, 6) is 0.288. The van der Waals surface area contributed by atoms with Crippen molar-refractivity contribution in [3.8, 4) is 5.75 Å². The van der Waals surface area contributed by atoms with Crippen molar-refractivity contribution in [3.05, 3.63) is 29.3 Å². The zero-order chi connectivity index (χ0) is 8.27. The monoisotopic (exact) mass is 149 g/mol. The molecule has 1 N–H and O–H groups in total. The molecule has 0 heterocycles. The number of phenolic OH excluding ortho intramolecular Hbond substituents is 1. The van der Waals surface area contributed by atoms with Gasteiger partial charge in [-0.15, -0.1) is 0 Å². The van der Waals surface area contributed by atoms with Crippen molar-refractivity contribution in [2.24, 2.45) is 4.99 Å². The first-order valence-electron chi connectivity index (χ1n) is 3.46. The molecule has 0 atom stereocenters. The molecule has 0 saturated heterocycles. The number of hydrogen-bond donors (Lipinski definition) is 1. The van der Waals surface area contributed by atoms with Gasteiger partial charge in [0.15, 0.2) is 0 Å². The Labute approximate surface area is 66.2 Å². The number of aliphatic imine (C=N–C) groups is 1. The first-order chi connectivity index (χ1) is 5.25. The van der Waals surface area contributed by atoms with Gasteiger partial charge in [0, 0.05) is 18.8 Å². The van der Waals surface area contributed by atoms with Crippen molar-refractivity contribution in [2.45, 2.75) is 6.92 Å². The van der Waals surface area contributed by atoms with Gasteiger partial charge in [-0.2, -0.15) is 0 Å². The summed E-state index contributed by atoms with van der Waals surface area (Å²) in [6.45, 7) is 1.94. The third-order valence-corrected chi connectivity index (χ3v) is 1.56. The van der Waals surface area contributed by atoms with E-state index >= 15 is 0 Å². The van der Waals surface area contributed by atoms with Gasteiger partial charge >= 0.3 is 0 Å². The van der Waals surface area contributed by atoms with Crippen molar-refractivity contribution in [1.82, 2.24) is 0 Å². The number of benzene rings is 1. The maximum atomic E-state index is 9.33. The first-order valence-corrected chi connectivity index (χ1v) is 3.46. The summed E-state index contributed by atoms with van der Waals surface area (Å²) in [5, 5.41) is 9.33. The zero-order valence-corrected chi connectivity index (χ0v) is 6.70. The lowest BCUT2D eigenvalue weighted by molar-refractivity contribution is 0.474. The van der Waals surface area contributed by atoms with E-state index in [1.165, 1.54) is 0 Å². The zero-order valence-electron chi connectivity index (χ0n) is 6.70. The van der Waals surface area contributed by atoms with E-state index in [-0.39, 0.29) is 5.75 Å². The highest BCUT2D eigenvalue weighted by Gasteiger charge is 1.98. The predicted molar refractivity (Wildman–Crippen MR) is 46.4 cm³/mol. The smallest absolute Gasteiger partial charge is 0.124 e. The minimum atomic E-state index is 0.288. The largest absolute Gasteiger partial charge is 0.507 e. The minimum Gasteiger partial charge on any atom is -0.507 e. The van der Waals surface area contributed by atoms with Crippen LogP contribution in [0.2, 0.25) is 0 Å². The van der Waals surface area contributed by atoms with Gasteiger partial charge in [0.25, 0.3) is 0 Å². The van der Waals surface area contributed by atoms with Crippen molar-refractivity contribution in [1.29, 1.82) is 0 Å².